The standard InChI is InChI=1S/C15H18F2N2O4/c1-8(2)13(15(22)23-7-11(20)18-3)19-14(21)12-9(16)5-4-6-10(12)17/h4-6,8,13H,7H2,1-3H3,(H,18,20)(H,19,21)/t13-/m0/s1. The Bertz CT molecular complexity index is 585. The lowest BCUT2D eigenvalue weighted by atomic mass is 10.0. The van der Waals surface area contributed by atoms with Crippen LogP contribution >= 0.6 is 0 Å². The van der Waals surface area contributed by atoms with Crippen LogP contribution in [0.2, 0.25) is 0 Å². The second kappa shape index (κ2) is 8.21. The van der Waals surface area contributed by atoms with Gasteiger partial charge in [-0.05, 0) is 18.1 Å². The number of amides is 2. The Hall–Kier alpha value is -2.51. The van der Waals surface area contributed by atoms with Crippen molar-refractivity contribution in [3.63, 3.8) is 0 Å². The predicted octanol–water partition coefficient (Wildman–Crippen LogP) is 1.01. The summed E-state index contributed by atoms with van der Waals surface area (Å²) in [7, 11) is 1.37. The van der Waals surface area contributed by atoms with Gasteiger partial charge < -0.3 is 15.4 Å². The molecule has 0 aromatic heterocycles. The number of ether oxygens (including phenoxy) is 1. The van der Waals surface area contributed by atoms with E-state index in [2.05, 4.69) is 10.6 Å². The minimum absolute atomic E-state index is 0.411. The molecule has 1 rings (SSSR count). The zero-order valence-corrected chi connectivity index (χ0v) is 13.0. The van der Waals surface area contributed by atoms with Crippen LogP contribution in [0, 0.1) is 17.6 Å². The molecule has 0 saturated carbocycles. The van der Waals surface area contributed by atoms with Gasteiger partial charge in [0.25, 0.3) is 11.8 Å². The van der Waals surface area contributed by atoms with Gasteiger partial charge >= 0.3 is 5.97 Å². The fourth-order valence-electron chi connectivity index (χ4n) is 1.72. The van der Waals surface area contributed by atoms with Crippen molar-refractivity contribution in [3.05, 3.63) is 35.4 Å². The molecule has 126 valence electrons. The topological polar surface area (TPSA) is 84.5 Å². The summed E-state index contributed by atoms with van der Waals surface area (Å²) in [6.07, 6.45) is 0. The smallest absolute Gasteiger partial charge is 0.329 e. The predicted molar refractivity (Wildman–Crippen MR) is 77.5 cm³/mol. The van der Waals surface area contributed by atoms with Crippen molar-refractivity contribution in [2.24, 2.45) is 5.92 Å². The lowest BCUT2D eigenvalue weighted by molar-refractivity contribution is -0.151. The summed E-state index contributed by atoms with van der Waals surface area (Å²) in [5, 5.41) is 4.50. The number of likely N-dealkylation sites (N-methyl/N-ethyl adjacent to an activating group) is 1. The summed E-state index contributed by atoms with van der Waals surface area (Å²) in [4.78, 5) is 35.0. The zero-order valence-electron chi connectivity index (χ0n) is 13.0. The van der Waals surface area contributed by atoms with Crippen molar-refractivity contribution >= 4 is 17.8 Å². The molecule has 2 amide bonds. The number of hydrogen-bond acceptors (Lipinski definition) is 4. The first kappa shape index (κ1) is 18.5. The largest absolute Gasteiger partial charge is 0.454 e. The van der Waals surface area contributed by atoms with Crippen LogP contribution in [-0.2, 0) is 14.3 Å². The number of esters is 1. The molecule has 6 nitrogen and oxygen atoms in total. The van der Waals surface area contributed by atoms with E-state index in [1.54, 1.807) is 13.8 Å². The molecule has 0 heterocycles. The Balaban J connectivity index is 2.85. The van der Waals surface area contributed by atoms with Crippen molar-refractivity contribution in [2.45, 2.75) is 19.9 Å². The number of carbonyl (C=O) groups excluding carboxylic acids is 3. The first-order chi connectivity index (χ1) is 10.8. The van der Waals surface area contributed by atoms with Crippen LogP contribution in [0.15, 0.2) is 18.2 Å². The summed E-state index contributed by atoms with van der Waals surface area (Å²) in [5.41, 5.74) is -0.780. The Kier molecular flexibility index (Phi) is 6.62. The van der Waals surface area contributed by atoms with E-state index in [1.165, 1.54) is 7.05 Å². The number of carbonyl (C=O) groups is 3. The summed E-state index contributed by atoms with van der Waals surface area (Å²) >= 11 is 0. The van der Waals surface area contributed by atoms with Crippen molar-refractivity contribution in [2.75, 3.05) is 13.7 Å². The van der Waals surface area contributed by atoms with E-state index in [0.717, 1.165) is 18.2 Å². The first-order valence-electron chi connectivity index (χ1n) is 6.90. The molecule has 1 aromatic rings. The molecule has 8 heteroatoms. The van der Waals surface area contributed by atoms with Crippen molar-refractivity contribution < 1.29 is 27.9 Å². The van der Waals surface area contributed by atoms with Gasteiger partial charge in [0.1, 0.15) is 23.2 Å². The molecule has 0 saturated heterocycles. The highest BCUT2D eigenvalue weighted by Gasteiger charge is 2.28. The van der Waals surface area contributed by atoms with E-state index in [1.807, 2.05) is 0 Å². The van der Waals surface area contributed by atoms with Gasteiger partial charge in [-0.1, -0.05) is 19.9 Å². The fraction of sp³-hybridized carbons (Fsp3) is 0.400. The minimum atomic E-state index is -1.15. The van der Waals surface area contributed by atoms with Crippen LogP contribution < -0.4 is 10.6 Å². The highest BCUT2D eigenvalue weighted by atomic mass is 19.1. The summed E-state index contributed by atoms with van der Waals surface area (Å²) in [6.45, 7) is 2.72. The van der Waals surface area contributed by atoms with E-state index in [4.69, 9.17) is 4.74 Å². The molecule has 1 aromatic carbocycles. The van der Waals surface area contributed by atoms with Crippen LogP contribution in [0.3, 0.4) is 0 Å². The highest BCUT2D eigenvalue weighted by molar-refractivity contribution is 5.97. The average Bonchev–Trinajstić information content (AvgIpc) is 2.49. The Labute approximate surface area is 132 Å². The maximum Gasteiger partial charge on any atom is 0.329 e. The van der Waals surface area contributed by atoms with Gasteiger partial charge in [0.2, 0.25) is 0 Å². The Morgan fingerprint density at radius 1 is 1.17 bits per heavy atom. The van der Waals surface area contributed by atoms with Crippen LogP contribution in [0.4, 0.5) is 8.78 Å². The van der Waals surface area contributed by atoms with Gasteiger partial charge in [-0.25, -0.2) is 13.6 Å². The normalized spacial score (nSPS) is 11.7. The van der Waals surface area contributed by atoms with E-state index < -0.39 is 53.5 Å². The summed E-state index contributed by atoms with van der Waals surface area (Å²) in [6, 6.07) is 1.85. The van der Waals surface area contributed by atoms with Gasteiger partial charge in [-0.2, -0.15) is 0 Å². The number of benzene rings is 1. The molecular formula is C15H18F2N2O4. The highest BCUT2D eigenvalue weighted by Crippen LogP contribution is 2.13. The average molecular weight is 328 g/mol. The summed E-state index contributed by atoms with van der Waals surface area (Å²) in [5.74, 6) is -4.95. The minimum Gasteiger partial charge on any atom is -0.454 e. The molecular weight excluding hydrogens is 310 g/mol. The first-order valence-corrected chi connectivity index (χ1v) is 6.90. The fourth-order valence-corrected chi connectivity index (χ4v) is 1.72. The molecule has 1 atom stereocenters. The van der Waals surface area contributed by atoms with E-state index in [0.29, 0.717) is 0 Å². The van der Waals surface area contributed by atoms with Crippen LogP contribution in [-0.4, -0.2) is 37.5 Å². The van der Waals surface area contributed by atoms with Gasteiger partial charge in [-0.15, -0.1) is 0 Å². The second-order valence-electron chi connectivity index (χ2n) is 5.07. The monoisotopic (exact) mass is 328 g/mol. The van der Waals surface area contributed by atoms with Gasteiger partial charge in [0.05, 0.1) is 0 Å². The third-order valence-corrected chi connectivity index (χ3v) is 3.02. The summed E-state index contributed by atoms with van der Waals surface area (Å²) < 4.78 is 31.9. The molecule has 0 radical (unpaired) electrons. The molecule has 0 aliphatic rings. The number of nitrogens with one attached hydrogen (secondary N) is 2. The van der Waals surface area contributed by atoms with Crippen LogP contribution in [0.5, 0.6) is 0 Å². The SMILES string of the molecule is CNC(=O)COC(=O)[C@@H](NC(=O)c1c(F)cccc1F)C(C)C. The Morgan fingerprint density at radius 3 is 2.22 bits per heavy atom. The van der Waals surface area contributed by atoms with Gasteiger partial charge in [-0.3, -0.25) is 9.59 Å². The van der Waals surface area contributed by atoms with Crippen LogP contribution in [0.25, 0.3) is 0 Å². The molecule has 0 spiro atoms. The zero-order chi connectivity index (χ0) is 17.6. The lowest BCUT2D eigenvalue weighted by Crippen LogP contribution is -2.46. The number of hydrogen-bond donors (Lipinski definition) is 2. The van der Waals surface area contributed by atoms with Crippen molar-refractivity contribution in [1.29, 1.82) is 0 Å². The molecule has 0 unspecified atom stereocenters. The Morgan fingerprint density at radius 2 is 1.74 bits per heavy atom. The molecule has 0 fully saturated rings. The number of rotatable bonds is 6. The third-order valence-electron chi connectivity index (χ3n) is 3.02. The molecule has 0 aliphatic carbocycles. The van der Waals surface area contributed by atoms with Gasteiger partial charge in [0.15, 0.2) is 6.61 Å². The molecule has 0 bridgehead atoms. The van der Waals surface area contributed by atoms with Crippen LogP contribution in [0.1, 0.15) is 24.2 Å². The van der Waals surface area contributed by atoms with Crippen molar-refractivity contribution in [1.82, 2.24) is 10.6 Å². The molecule has 0 aliphatic heterocycles. The van der Waals surface area contributed by atoms with E-state index >= 15 is 0 Å². The second-order valence-corrected chi connectivity index (χ2v) is 5.07. The maximum absolute atomic E-state index is 13.6. The quantitative estimate of drug-likeness (QED) is 0.763. The van der Waals surface area contributed by atoms with Crippen molar-refractivity contribution in [3.8, 4) is 0 Å². The van der Waals surface area contributed by atoms with E-state index in [9.17, 15) is 23.2 Å². The van der Waals surface area contributed by atoms with E-state index in [-0.39, 0.29) is 0 Å². The number of halogens is 2. The molecule has 2 N–H and O–H groups in total. The maximum atomic E-state index is 13.6. The third kappa shape index (κ3) is 5.01. The lowest BCUT2D eigenvalue weighted by Gasteiger charge is -2.21. The molecule has 23 heavy (non-hydrogen) atoms. The van der Waals surface area contributed by atoms with Gasteiger partial charge in [0, 0.05) is 7.05 Å².